The van der Waals surface area contributed by atoms with Crippen LogP contribution in [0.2, 0.25) is 0 Å². The van der Waals surface area contributed by atoms with Crippen molar-refractivity contribution in [3.8, 4) is 0 Å². The molecular weight excluding hydrogens is 258 g/mol. The third kappa shape index (κ3) is 3.38. The van der Waals surface area contributed by atoms with Crippen molar-refractivity contribution >= 4 is 17.2 Å². The molecule has 2 heterocycles. The number of hydrogen-bond acceptors (Lipinski definition) is 4. The highest BCUT2D eigenvalue weighted by Crippen LogP contribution is 2.22. The van der Waals surface area contributed by atoms with Crippen molar-refractivity contribution in [2.75, 3.05) is 0 Å². The minimum absolute atomic E-state index is 0.113. The summed E-state index contributed by atoms with van der Waals surface area (Å²) in [4.78, 5) is 20.5. The predicted molar refractivity (Wildman–Crippen MR) is 76.3 cm³/mol. The second-order valence-corrected chi connectivity index (χ2v) is 5.57. The summed E-state index contributed by atoms with van der Waals surface area (Å²) in [5.41, 5.74) is 1.33. The van der Waals surface area contributed by atoms with Gasteiger partial charge in [-0.15, -0.1) is 11.3 Å². The number of nitrogens with one attached hydrogen (secondary N) is 1. The summed E-state index contributed by atoms with van der Waals surface area (Å²) in [6.45, 7) is 6.15. The van der Waals surface area contributed by atoms with Gasteiger partial charge in [0.2, 0.25) is 0 Å². The van der Waals surface area contributed by atoms with E-state index in [0.29, 0.717) is 11.6 Å². The zero-order valence-corrected chi connectivity index (χ0v) is 12.1. The second-order valence-electron chi connectivity index (χ2n) is 4.68. The van der Waals surface area contributed by atoms with Gasteiger partial charge < -0.3 is 5.32 Å². The van der Waals surface area contributed by atoms with Crippen molar-refractivity contribution in [1.29, 1.82) is 0 Å². The Labute approximate surface area is 116 Å². The molecule has 1 N–H and O–H groups in total. The van der Waals surface area contributed by atoms with Gasteiger partial charge in [-0.25, -0.2) is 4.98 Å². The first-order valence-corrected chi connectivity index (χ1v) is 7.13. The summed E-state index contributed by atoms with van der Waals surface area (Å²) in [5, 5.41) is 6.00. The Morgan fingerprint density at radius 2 is 2.11 bits per heavy atom. The number of thiazole rings is 1. The summed E-state index contributed by atoms with van der Waals surface area (Å²) in [5.74, 6) is 0.240. The van der Waals surface area contributed by atoms with Crippen LogP contribution in [-0.2, 0) is 0 Å². The van der Waals surface area contributed by atoms with Gasteiger partial charge in [0.15, 0.2) is 0 Å². The molecule has 0 aliphatic heterocycles. The van der Waals surface area contributed by atoms with E-state index < -0.39 is 0 Å². The monoisotopic (exact) mass is 275 g/mol. The van der Waals surface area contributed by atoms with Crippen LogP contribution in [0.4, 0.5) is 0 Å². The van der Waals surface area contributed by atoms with E-state index in [1.54, 1.807) is 35.7 Å². The lowest BCUT2D eigenvalue weighted by Crippen LogP contribution is -2.27. The summed E-state index contributed by atoms with van der Waals surface area (Å²) in [6.07, 6.45) is 1.61. The number of nitrogens with zero attached hydrogens (tertiary/aromatic N) is 2. The molecule has 2 aromatic heterocycles. The van der Waals surface area contributed by atoms with E-state index >= 15 is 0 Å². The first kappa shape index (κ1) is 13.7. The van der Waals surface area contributed by atoms with Crippen molar-refractivity contribution in [3.05, 3.63) is 46.2 Å². The van der Waals surface area contributed by atoms with Crippen LogP contribution in [0.5, 0.6) is 0 Å². The number of carbonyl (C=O) groups is 1. The van der Waals surface area contributed by atoms with E-state index in [1.807, 2.05) is 12.3 Å². The van der Waals surface area contributed by atoms with Gasteiger partial charge in [0.25, 0.3) is 5.91 Å². The molecule has 0 aliphatic rings. The molecule has 0 aliphatic carbocycles. The van der Waals surface area contributed by atoms with Crippen LogP contribution < -0.4 is 5.32 Å². The molecule has 4 nitrogen and oxygen atoms in total. The highest BCUT2D eigenvalue weighted by atomic mass is 32.1. The van der Waals surface area contributed by atoms with Gasteiger partial charge in [0.05, 0.1) is 16.7 Å². The molecular formula is C14H17N3OS. The van der Waals surface area contributed by atoms with Crippen LogP contribution >= 0.6 is 11.3 Å². The topological polar surface area (TPSA) is 54.9 Å². The van der Waals surface area contributed by atoms with Gasteiger partial charge in [0, 0.05) is 17.5 Å². The first-order valence-electron chi connectivity index (χ1n) is 6.25. The molecule has 19 heavy (non-hydrogen) atoms. The third-order valence-electron chi connectivity index (χ3n) is 2.72. The van der Waals surface area contributed by atoms with E-state index in [1.165, 1.54) is 0 Å². The number of amides is 1. The first-order chi connectivity index (χ1) is 9.08. The number of aromatic nitrogens is 2. The Kier molecular flexibility index (Phi) is 4.27. The second kappa shape index (κ2) is 5.93. The van der Waals surface area contributed by atoms with Crippen LogP contribution in [-0.4, -0.2) is 15.9 Å². The van der Waals surface area contributed by atoms with Crippen LogP contribution in [0, 0.1) is 0 Å². The molecule has 1 amide bonds. The van der Waals surface area contributed by atoms with Gasteiger partial charge in [0.1, 0.15) is 5.69 Å². The van der Waals surface area contributed by atoms with Crippen LogP contribution in [0.25, 0.3) is 0 Å². The molecule has 0 bridgehead atoms. The quantitative estimate of drug-likeness (QED) is 0.932. The molecule has 0 saturated heterocycles. The van der Waals surface area contributed by atoms with Crippen molar-refractivity contribution in [1.82, 2.24) is 15.3 Å². The average molecular weight is 275 g/mol. The van der Waals surface area contributed by atoms with E-state index in [-0.39, 0.29) is 11.9 Å². The minimum Gasteiger partial charge on any atom is -0.343 e. The zero-order chi connectivity index (χ0) is 13.8. The number of carbonyl (C=O) groups excluding carboxylic acids is 1. The number of pyridine rings is 1. The van der Waals surface area contributed by atoms with Gasteiger partial charge in [-0.3, -0.25) is 9.78 Å². The fraction of sp³-hybridized carbons (Fsp3) is 0.357. The molecule has 0 saturated carbocycles. The van der Waals surface area contributed by atoms with Crippen LogP contribution in [0.3, 0.4) is 0 Å². The van der Waals surface area contributed by atoms with E-state index in [9.17, 15) is 4.79 Å². The smallest absolute Gasteiger partial charge is 0.270 e. The van der Waals surface area contributed by atoms with Crippen molar-refractivity contribution in [3.63, 3.8) is 0 Å². The lowest BCUT2D eigenvalue weighted by Gasteiger charge is -2.11. The van der Waals surface area contributed by atoms with Gasteiger partial charge in [-0.05, 0) is 19.1 Å². The molecule has 2 rings (SSSR count). The maximum atomic E-state index is 12.0. The van der Waals surface area contributed by atoms with Crippen LogP contribution in [0.1, 0.15) is 53.9 Å². The fourth-order valence-corrected chi connectivity index (χ4v) is 2.53. The molecule has 0 radical (unpaired) electrons. The summed E-state index contributed by atoms with van der Waals surface area (Å²) < 4.78 is 0. The highest BCUT2D eigenvalue weighted by molar-refractivity contribution is 7.09. The van der Waals surface area contributed by atoms with Gasteiger partial charge >= 0.3 is 0 Å². The SMILES string of the molecule is CC(C)c1nc(C(C)NC(=O)c2ccccn2)cs1. The molecule has 1 unspecified atom stereocenters. The molecule has 2 aromatic rings. The average Bonchev–Trinajstić information content (AvgIpc) is 2.89. The minimum atomic E-state index is -0.174. The molecule has 0 spiro atoms. The third-order valence-corrected chi connectivity index (χ3v) is 3.89. The summed E-state index contributed by atoms with van der Waals surface area (Å²) in [6, 6.07) is 5.17. The summed E-state index contributed by atoms with van der Waals surface area (Å²) >= 11 is 1.63. The predicted octanol–water partition coefficient (Wildman–Crippen LogP) is 3.15. The van der Waals surface area contributed by atoms with Gasteiger partial charge in [-0.2, -0.15) is 0 Å². The van der Waals surface area contributed by atoms with Gasteiger partial charge in [-0.1, -0.05) is 19.9 Å². The lowest BCUT2D eigenvalue weighted by molar-refractivity contribution is 0.0934. The van der Waals surface area contributed by atoms with Crippen molar-refractivity contribution in [2.24, 2.45) is 0 Å². The molecule has 100 valence electrons. The standard InChI is InChI=1S/C14H17N3OS/c1-9(2)14-17-12(8-19-14)10(3)16-13(18)11-6-4-5-7-15-11/h4-10H,1-3H3,(H,16,18). The normalized spacial score (nSPS) is 12.4. The Bertz CT molecular complexity index is 551. The Morgan fingerprint density at radius 1 is 1.32 bits per heavy atom. The largest absolute Gasteiger partial charge is 0.343 e. The molecule has 5 heteroatoms. The fourth-order valence-electron chi connectivity index (χ4n) is 1.61. The van der Waals surface area contributed by atoms with E-state index in [0.717, 1.165) is 10.7 Å². The van der Waals surface area contributed by atoms with E-state index in [4.69, 9.17) is 0 Å². The van der Waals surface area contributed by atoms with Crippen molar-refractivity contribution in [2.45, 2.75) is 32.7 Å². The number of rotatable bonds is 4. The summed E-state index contributed by atoms with van der Waals surface area (Å²) in [7, 11) is 0. The molecule has 1 atom stereocenters. The maximum Gasteiger partial charge on any atom is 0.270 e. The number of hydrogen-bond donors (Lipinski definition) is 1. The Morgan fingerprint density at radius 3 is 2.68 bits per heavy atom. The Hall–Kier alpha value is -1.75. The highest BCUT2D eigenvalue weighted by Gasteiger charge is 2.15. The maximum absolute atomic E-state index is 12.0. The zero-order valence-electron chi connectivity index (χ0n) is 11.3. The van der Waals surface area contributed by atoms with E-state index in [2.05, 4.69) is 29.1 Å². The molecule has 0 aromatic carbocycles. The Balaban J connectivity index is 2.04. The lowest BCUT2D eigenvalue weighted by atomic mass is 10.2. The van der Waals surface area contributed by atoms with Crippen LogP contribution in [0.15, 0.2) is 29.8 Å². The van der Waals surface area contributed by atoms with Crippen molar-refractivity contribution < 1.29 is 4.79 Å². The molecule has 0 fully saturated rings.